The second-order valence-electron chi connectivity index (χ2n) is 9.49. The second kappa shape index (κ2) is 9.94. The molecule has 2 saturated heterocycles. The molecule has 0 unspecified atom stereocenters. The van der Waals surface area contributed by atoms with Gasteiger partial charge < -0.3 is 14.9 Å². The Morgan fingerprint density at radius 2 is 1.50 bits per heavy atom. The van der Waals surface area contributed by atoms with Crippen LogP contribution in [0.3, 0.4) is 0 Å². The summed E-state index contributed by atoms with van der Waals surface area (Å²) in [6.45, 7) is 5.98. The summed E-state index contributed by atoms with van der Waals surface area (Å²) in [5.74, 6) is 0.389. The molecule has 0 bridgehead atoms. The average molecular weight is 457 g/mol. The Kier molecular flexibility index (Phi) is 6.59. The largest absolute Gasteiger partial charge is 0.508 e. The number of amides is 1. The molecule has 0 aliphatic carbocycles. The number of benzene rings is 2. The van der Waals surface area contributed by atoms with Crippen LogP contribution in [0.4, 0.5) is 0 Å². The predicted octanol–water partition coefficient (Wildman–Crippen LogP) is 4.92. The van der Waals surface area contributed by atoms with Crippen molar-refractivity contribution in [2.24, 2.45) is 0 Å². The van der Waals surface area contributed by atoms with Gasteiger partial charge in [-0.2, -0.15) is 0 Å². The van der Waals surface area contributed by atoms with Gasteiger partial charge in [0.2, 0.25) is 0 Å². The normalized spacial score (nSPS) is 17.6. The Bertz CT molecular complexity index is 1150. The summed E-state index contributed by atoms with van der Waals surface area (Å²) in [6.07, 6.45) is 7.69. The minimum Gasteiger partial charge on any atom is -0.508 e. The number of piperidine rings is 2. The quantitative estimate of drug-likeness (QED) is 0.604. The molecule has 0 radical (unpaired) electrons. The molecule has 2 fully saturated rings. The molecule has 2 aliphatic rings. The van der Waals surface area contributed by atoms with Crippen molar-refractivity contribution in [2.45, 2.75) is 45.1 Å². The molecule has 1 aromatic heterocycles. The first-order chi connectivity index (χ1) is 16.6. The first kappa shape index (κ1) is 22.5. The van der Waals surface area contributed by atoms with Crippen LogP contribution in [-0.4, -0.2) is 63.0 Å². The molecule has 3 aromatic rings. The SMILES string of the molecule is Cc1cc(-c2cc(-c3ccc(C(=O)N4CCC(N5CCCCC5)CC4)cc3)ncn2)ccc1O. The lowest BCUT2D eigenvalue weighted by molar-refractivity contribution is 0.0590. The van der Waals surface area contributed by atoms with E-state index in [9.17, 15) is 9.90 Å². The smallest absolute Gasteiger partial charge is 0.253 e. The lowest BCUT2D eigenvalue weighted by Crippen LogP contribution is -2.48. The summed E-state index contributed by atoms with van der Waals surface area (Å²) in [5.41, 5.74) is 5.00. The van der Waals surface area contributed by atoms with Crippen molar-refractivity contribution < 1.29 is 9.90 Å². The van der Waals surface area contributed by atoms with E-state index in [2.05, 4.69) is 14.9 Å². The Hall–Kier alpha value is -3.25. The van der Waals surface area contributed by atoms with Crippen molar-refractivity contribution in [1.29, 1.82) is 0 Å². The standard InChI is InChI=1S/C28H32N4O2/c1-20-17-23(9-10-27(20)33)26-18-25(29-19-30-26)21-5-7-22(8-6-21)28(34)32-15-11-24(12-16-32)31-13-3-2-4-14-31/h5-10,17-19,24,33H,2-4,11-16H2,1H3. The van der Waals surface area contributed by atoms with Gasteiger partial charge in [0, 0.05) is 35.8 Å². The van der Waals surface area contributed by atoms with Gasteiger partial charge in [-0.25, -0.2) is 9.97 Å². The van der Waals surface area contributed by atoms with Crippen LogP contribution in [0.25, 0.3) is 22.5 Å². The summed E-state index contributed by atoms with van der Waals surface area (Å²) in [4.78, 5) is 26.6. The molecule has 2 aromatic carbocycles. The van der Waals surface area contributed by atoms with Crippen molar-refractivity contribution in [3.63, 3.8) is 0 Å². The highest BCUT2D eigenvalue weighted by Crippen LogP contribution is 2.27. The van der Waals surface area contributed by atoms with Gasteiger partial charge in [0.05, 0.1) is 11.4 Å². The maximum atomic E-state index is 13.1. The predicted molar refractivity (Wildman–Crippen MR) is 134 cm³/mol. The fraction of sp³-hybridized carbons (Fsp3) is 0.393. The fourth-order valence-electron chi connectivity index (χ4n) is 5.17. The molecule has 0 saturated carbocycles. The highest BCUT2D eigenvalue weighted by atomic mass is 16.3. The van der Waals surface area contributed by atoms with Crippen LogP contribution in [0.15, 0.2) is 54.9 Å². The number of aromatic nitrogens is 2. The zero-order valence-electron chi connectivity index (χ0n) is 19.8. The number of carbonyl (C=O) groups excluding carboxylic acids is 1. The molecule has 0 atom stereocenters. The van der Waals surface area contributed by atoms with Crippen molar-refractivity contribution >= 4 is 5.91 Å². The van der Waals surface area contributed by atoms with Gasteiger partial charge in [-0.15, -0.1) is 0 Å². The van der Waals surface area contributed by atoms with Gasteiger partial charge in [0.15, 0.2) is 0 Å². The van der Waals surface area contributed by atoms with Crippen LogP contribution in [0.1, 0.15) is 48.0 Å². The number of aromatic hydroxyl groups is 1. The summed E-state index contributed by atoms with van der Waals surface area (Å²) in [5, 5.41) is 9.80. The third kappa shape index (κ3) is 4.82. The van der Waals surface area contributed by atoms with Gasteiger partial charge in [-0.05, 0) is 87.7 Å². The van der Waals surface area contributed by atoms with E-state index >= 15 is 0 Å². The molecular weight excluding hydrogens is 424 g/mol. The van der Waals surface area contributed by atoms with E-state index in [1.807, 2.05) is 54.3 Å². The molecule has 6 heteroatoms. The summed E-state index contributed by atoms with van der Waals surface area (Å²) >= 11 is 0. The van der Waals surface area contributed by atoms with E-state index in [0.717, 1.165) is 59.6 Å². The van der Waals surface area contributed by atoms with E-state index in [1.165, 1.54) is 32.4 Å². The van der Waals surface area contributed by atoms with Crippen LogP contribution < -0.4 is 0 Å². The zero-order chi connectivity index (χ0) is 23.5. The Morgan fingerprint density at radius 3 is 2.18 bits per heavy atom. The fourth-order valence-corrected chi connectivity index (χ4v) is 5.17. The van der Waals surface area contributed by atoms with E-state index in [0.29, 0.717) is 6.04 Å². The Labute approximate surface area is 201 Å². The number of nitrogens with zero attached hydrogens (tertiary/aromatic N) is 4. The van der Waals surface area contributed by atoms with Crippen molar-refractivity contribution in [2.75, 3.05) is 26.2 Å². The first-order valence-corrected chi connectivity index (χ1v) is 12.3. The zero-order valence-corrected chi connectivity index (χ0v) is 19.8. The topological polar surface area (TPSA) is 69.6 Å². The van der Waals surface area contributed by atoms with Crippen LogP contribution in [0, 0.1) is 6.92 Å². The van der Waals surface area contributed by atoms with E-state index in [4.69, 9.17) is 0 Å². The maximum Gasteiger partial charge on any atom is 0.253 e. The number of phenols is 1. The van der Waals surface area contributed by atoms with E-state index < -0.39 is 0 Å². The molecule has 6 nitrogen and oxygen atoms in total. The summed E-state index contributed by atoms with van der Waals surface area (Å²) < 4.78 is 0. The van der Waals surface area contributed by atoms with Crippen LogP contribution in [0.2, 0.25) is 0 Å². The minimum atomic E-state index is 0.117. The number of carbonyl (C=O) groups is 1. The second-order valence-corrected chi connectivity index (χ2v) is 9.49. The van der Waals surface area contributed by atoms with Crippen LogP contribution in [0.5, 0.6) is 5.75 Å². The van der Waals surface area contributed by atoms with Crippen molar-refractivity contribution in [3.8, 4) is 28.3 Å². The van der Waals surface area contributed by atoms with Crippen LogP contribution >= 0.6 is 0 Å². The van der Waals surface area contributed by atoms with Gasteiger partial charge in [-0.1, -0.05) is 18.6 Å². The molecule has 3 heterocycles. The summed E-state index contributed by atoms with van der Waals surface area (Å²) in [7, 11) is 0. The number of hydrogen-bond acceptors (Lipinski definition) is 5. The maximum absolute atomic E-state index is 13.1. The van der Waals surface area contributed by atoms with Gasteiger partial charge >= 0.3 is 0 Å². The first-order valence-electron chi connectivity index (χ1n) is 12.3. The lowest BCUT2D eigenvalue weighted by atomic mass is 9.99. The lowest BCUT2D eigenvalue weighted by Gasteiger charge is -2.40. The van der Waals surface area contributed by atoms with Crippen molar-refractivity contribution in [1.82, 2.24) is 19.8 Å². The number of likely N-dealkylation sites (tertiary alicyclic amines) is 2. The number of phenolic OH excluding ortho intramolecular Hbond substituents is 1. The monoisotopic (exact) mass is 456 g/mol. The van der Waals surface area contributed by atoms with Crippen molar-refractivity contribution in [3.05, 3.63) is 66.0 Å². The molecule has 2 aliphatic heterocycles. The molecule has 1 N–H and O–H groups in total. The number of rotatable bonds is 4. The average Bonchev–Trinajstić information content (AvgIpc) is 2.90. The Balaban J connectivity index is 1.25. The summed E-state index contributed by atoms with van der Waals surface area (Å²) in [6, 6.07) is 15.8. The van der Waals surface area contributed by atoms with Gasteiger partial charge in [0.1, 0.15) is 12.1 Å². The highest BCUT2D eigenvalue weighted by Gasteiger charge is 2.28. The molecule has 176 valence electrons. The van der Waals surface area contributed by atoms with E-state index in [1.54, 1.807) is 12.4 Å². The molecule has 34 heavy (non-hydrogen) atoms. The molecule has 5 rings (SSSR count). The number of hydrogen-bond donors (Lipinski definition) is 1. The Morgan fingerprint density at radius 1 is 0.853 bits per heavy atom. The molecule has 0 spiro atoms. The van der Waals surface area contributed by atoms with E-state index in [-0.39, 0.29) is 11.7 Å². The number of aryl methyl sites for hydroxylation is 1. The van der Waals surface area contributed by atoms with Gasteiger partial charge in [-0.3, -0.25) is 4.79 Å². The third-order valence-electron chi connectivity index (χ3n) is 7.25. The molecular formula is C28H32N4O2. The molecule has 1 amide bonds. The van der Waals surface area contributed by atoms with Gasteiger partial charge in [0.25, 0.3) is 5.91 Å². The third-order valence-corrected chi connectivity index (χ3v) is 7.25. The van der Waals surface area contributed by atoms with Crippen LogP contribution in [-0.2, 0) is 0 Å². The minimum absolute atomic E-state index is 0.117. The highest BCUT2D eigenvalue weighted by molar-refractivity contribution is 5.94.